The summed E-state index contributed by atoms with van der Waals surface area (Å²) in [4.78, 5) is 2.59. The minimum absolute atomic E-state index is 1.24. The Balaban J connectivity index is 1.28. The fraction of sp³-hybridized carbons (Fsp3) is 0.0244. The van der Waals surface area contributed by atoms with Crippen LogP contribution in [-0.2, 0) is 0 Å². The van der Waals surface area contributed by atoms with Gasteiger partial charge in [-0.1, -0.05) is 139 Å². The zero-order valence-electron chi connectivity index (χ0n) is 23.3. The second-order valence-corrected chi connectivity index (χ2v) is 12.1. The van der Waals surface area contributed by atoms with E-state index in [1.54, 1.807) is 0 Å². The van der Waals surface area contributed by atoms with Gasteiger partial charge in [0.15, 0.2) is 0 Å². The normalized spacial score (nSPS) is 11.5. The molecule has 8 rings (SSSR count). The Hall–Kier alpha value is -4.98. The van der Waals surface area contributed by atoms with Gasteiger partial charge in [-0.05, 0) is 90.8 Å². The Morgan fingerprint density at radius 2 is 0.810 bits per heavy atom. The molecule has 42 heavy (non-hydrogen) atoms. The highest BCUT2D eigenvalue weighted by Crippen LogP contribution is 2.44. The van der Waals surface area contributed by atoms with Gasteiger partial charge in [-0.25, -0.2) is 0 Å². The Labute approximate surface area is 250 Å². The summed E-state index contributed by atoms with van der Waals surface area (Å²) in [5.41, 5.74) is 8.91. The van der Waals surface area contributed by atoms with Crippen LogP contribution in [0.4, 0.5) is 0 Å². The van der Waals surface area contributed by atoms with Crippen LogP contribution in [0.15, 0.2) is 152 Å². The molecule has 0 nitrogen and oxygen atoms in total. The van der Waals surface area contributed by atoms with Crippen molar-refractivity contribution in [3.8, 4) is 43.1 Å². The fourth-order valence-electron chi connectivity index (χ4n) is 6.32. The van der Waals surface area contributed by atoms with Crippen molar-refractivity contribution in [1.29, 1.82) is 0 Å². The first-order chi connectivity index (χ1) is 20.7. The third kappa shape index (κ3) is 4.22. The van der Waals surface area contributed by atoms with Gasteiger partial charge >= 0.3 is 0 Å². The molecule has 0 bridgehead atoms. The summed E-state index contributed by atoms with van der Waals surface area (Å²) in [6, 6.07) is 55.6. The number of thiophene rings is 1. The van der Waals surface area contributed by atoms with Crippen LogP contribution in [0.25, 0.3) is 75.5 Å². The highest BCUT2D eigenvalue weighted by molar-refractivity contribution is 7.18. The van der Waals surface area contributed by atoms with Gasteiger partial charge in [-0.3, -0.25) is 0 Å². The molecule has 1 heterocycles. The van der Waals surface area contributed by atoms with Crippen LogP contribution < -0.4 is 0 Å². The van der Waals surface area contributed by atoms with E-state index in [0.717, 1.165) is 0 Å². The van der Waals surface area contributed by atoms with Crippen molar-refractivity contribution in [2.45, 2.75) is 6.92 Å². The van der Waals surface area contributed by atoms with E-state index < -0.39 is 0 Å². The van der Waals surface area contributed by atoms with E-state index in [4.69, 9.17) is 0 Å². The molecule has 198 valence electrons. The predicted molar refractivity (Wildman–Crippen MR) is 183 cm³/mol. The lowest BCUT2D eigenvalue weighted by atomic mass is 9.85. The zero-order chi connectivity index (χ0) is 28.0. The molecule has 0 unspecified atom stereocenters. The summed E-state index contributed by atoms with van der Waals surface area (Å²) < 4.78 is 0. The third-order valence-corrected chi connectivity index (χ3v) is 9.52. The van der Waals surface area contributed by atoms with Crippen molar-refractivity contribution in [2.24, 2.45) is 0 Å². The van der Waals surface area contributed by atoms with Gasteiger partial charge < -0.3 is 0 Å². The molecule has 7 aromatic carbocycles. The number of benzene rings is 7. The first kappa shape index (κ1) is 24.8. The third-order valence-electron chi connectivity index (χ3n) is 8.34. The molecule has 0 spiro atoms. The molecule has 0 aliphatic rings. The Kier molecular flexibility index (Phi) is 5.98. The van der Waals surface area contributed by atoms with Gasteiger partial charge in [0.05, 0.1) is 0 Å². The standard InChI is InChI=1S/C41H28S/c1-27-15-16-32-26-33(22-21-31(32)25-27)41-36-13-7-5-11-34(36)40(35-12-6-8-14-37(35)41)30-19-17-29(18-20-30)39-24-23-38(42-39)28-9-3-2-4-10-28/h2-26H,1H3. The lowest BCUT2D eigenvalue weighted by Crippen LogP contribution is -1.91. The quantitative estimate of drug-likeness (QED) is 0.190. The highest BCUT2D eigenvalue weighted by atomic mass is 32.1. The fourth-order valence-corrected chi connectivity index (χ4v) is 7.34. The summed E-state index contributed by atoms with van der Waals surface area (Å²) in [6.45, 7) is 2.15. The maximum absolute atomic E-state index is 2.35. The minimum atomic E-state index is 1.24. The molecule has 0 radical (unpaired) electrons. The van der Waals surface area contributed by atoms with Crippen LogP contribution in [0.3, 0.4) is 0 Å². The molecular formula is C41H28S. The summed E-state index contributed by atoms with van der Waals surface area (Å²) in [5, 5.41) is 7.69. The summed E-state index contributed by atoms with van der Waals surface area (Å²) in [7, 11) is 0. The molecular weight excluding hydrogens is 525 g/mol. The monoisotopic (exact) mass is 552 g/mol. The van der Waals surface area contributed by atoms with Gasteiger partial charge in [0, 0.05) is 9.75 Å². The zero-order valence-corrected chi connectivity index (χ0v) is 24.2. The van der Waals surface area contributed by atoms with Crippen LogP contribution in [0.5, 0.6) is 0 Å². The number of hydrogen-bond donors (Lipinski definition) is 0. The molecule has 8 aromatic rings. The van der Waals surface area contributed by atoms with Crippen molar-refractivity contribution in [1.82, 2.24) is 0 Å². The topological polar surface area (TPSA) is 0 Å². The van der Waals surface area contributed by atoms with Crippen molar-refractivity contribution in [3.05, 3.63) is 157 Å². The Morgan fingerprint density at radius 1 is 0.357 bits per heavy atom. The van der Waals surface area contributed by atoms with Crippen LogP contribution in [0.2, 0.25) is 0 Å². The number of hydrogen-bond acceptors (Lipinski definition) is 1. The van der Waals surface area contributed by atoms with E-state index in [9.17, 15) is 0 Å². The van der Waals surface area contributed by atoms with Gasteiger partial charge in [0.2, 0.25) is 0 Å². The summed E-state index contributed by atoms with van der Waals surface area (Å²) in [6.07, 6.45) is 0. The smallest absolute Gasteiger partial charge is 0.0349 e. The minimum Gasteiger partial charge on any atom is -0.135 e. The maximum Gasteiger partial charge on any atom is 0.0349 e. The highest BCUT2D eigenvalue weighted by Gasteiger charge is 2.17. The molecule has 0 N–H and O–H groups in total. The number of rotatable bonds is 4. The maximum atomic E-state index is 2.35. The lowest BCUT2D eigenvalue weighted by molar-refractivity contribution is 1.51. The van der Waals surface area contributed by atoms with Gasteiger partial charge in [-0.15, -0.1) is 11.3 Å². The molecule has 0 saturated heterocycles. The van der Waals surface area contributed by atoms with Crippen molar-refractivity contribution >= 4 is 43.7 Å². The lowest BCUT2D eigenvalue weighted by Gasteiger charge is -2.18. The van der Waals surface area contributed by atoms with Crippen molar-refractivity contribution in [2.75, 3.05) is 0 Å². The average molecular weight is 553 g/mol. The second-order valence-electron chi connectivity index (χ2n) is 11.0. The Bertz CT molecular complexity index is 2180. The van der Waals surface area contributed by atoms with E-state index in [1.165, 1.54) is 81.0 Å². The van der Waals surface area contributed by atoms with Crippen LogP contribution in [0.1, 0.15) is 5.56 Å². The van der Waals surface area contributed by atoms with E-state index >= 15 is 0 Å². The largest absolute Gasteiger partial charge is 0.135 e. The summed E-state index contributed by atoms with van der Waals surface area (Å²) >= 11 is 1.85. The van der Waals surface area contributed by atoms with Gasteiger partial charge in [0.1, 0.15) is 0 Å². The first-order valence-electron chi connectivity index (χ1n) is 14.4. The van der Waals surface area contributed by atoms with Crippen LogP contribution in [0, 0.1) is 6.92 Å². The molecule has 1 aromatic heterocycles. The SMILES string of the molecule is Cc1ccc2cc(-c3c4ccccc4c(-c4ccc(-c5ccc(-c6ccccc6)s5)cc4)c4ccccc34)ccc2c1. The van der Waals surface area contributed by atoms with Gasteiger partial charge in [0.25, 0.3) is 0 Å². The molecule has 1 heteroatoms. The second kappa shape index (κ2) is 10.1. The van der Waals surface area contributed by atoms with Crippen LogP contribution >= 0.6 is 11.3 Å². The number of fused-ring (bicyclic) bond motifs is 3. The van der Waals surface area contributed by atoms with Crippen LogP contribution in [-0.4, -0.2) is 0 Å². The molecule has 0 aliphatic carbocycles. The molecule has 0 saturated carbocycles. The van der Waals surface area contributed by atoms with E-state index in [1.807, 2.05) is 11.3 Å². The van der Waals surface area contributed by atoms with Crippen molar-refractivity contribution in [3.63, 3.8) is 0 Å². The molecule has 0 atom stereocenters. The van der Waals surface area contributed by atoms with Crippen molar-refractivity contribution < 1.29 is 0 Å². The Morgan fingerprint density at radius 3 is 1.43 bits per heavy atom. The van der Waals surface area contributed by atoms with E-state index in [2.05, 4.69) is 159 Å². The van der Waals surface area contributed by atoms with Gasteiger partial charge in [-0.2, -0.15) is 0 Å². The molecule has 0 fully saturated rings. The van der Waals surface area contributed by atoms with E-state index in [0.29, 0.717) is 0 Å². The average Bonchev–Trinajstić information content (AvgIpc) is 3.54. The molecule has 0 amide bonds. The number of aryl methyl sites for hydroxylation is 1. The predicted octanol–water partition coefficient (Wildman–Crippen LogP) is 12.2. The molecule has 0 aliphatic heterocycles. The first-order valence-corrected chi connectivity index (χ1v) is 15.2. The van der Waals surface area contributed by atoms with E-state index in [-0.39, 0.29) is 0 Å². The summed E-state index contributed by atoms with van der Waals surface area (Å²) in [5.74, 6) is 0.